The first kappa shape index (κ1) is 11.5. The Labute approximate surface area is 101 Å². The van der Waals surface area contributed by atoms with Crippen LogP contribution < -0.4 is 10.1 Å². The van der Waals surface area contributed by atoms with E-state index in [1.54, 1.807) is 7.11 Å². The second-order valence-corrected chi connectivity index (χ2v) is 3.88. The Bertz CT molecular complexity index is 469. The molecule has 0 unspecified atom stereocenters. The number of anilines is 1. The van der Waals surface area contributed by atoms with Crippen LogP contribution in [-0.4, -0.2) is 12.3 Å². The summed E-state index contributed by atoms with van der Waals surface area (Å²) >= 11 is 0. The van der Waals surface area contributed by atoms with Crippen LogP contribution in [0.4, 0.5) is 5.69 Å². The van der Waals surface area contributed by atoms with Crippen molar-refractivity contribution in [1.29, 1.82) is 0 Å². The number of ether oxygens (including phenoxy) is 1. The molecule has 1 heterocycles. The van der Waals surface area contributed by atoms with Crippen LogP contribution in [-0.2, 0) is 6.54 Å². The predicted molar refractivity (Wildman–Crippen MR) is 66.3 cm³/mol. The lowest BCUT2D eigenvalue weighted by Gasteiger charge is -2.06. The molecule has 1 aromatic heterocycles. The standard InChI is InChI=1S/C13H16N2O2/c1-9-13(10(2)17-15-9)8-14-11-4-6-12(16-3)7-5-11/h4-7,14H,8H2,1-3H3. The molecule has 2 aromatic rings. The molecule has 0 aliphatic heterocycles. The molecule has 0 aliphatic rings. The van der Waals surface area contributed by atoms with Gasteiger partial charge in [-0.15, -0.1) is 0 Å². The Morgan fingerprint density at radius 2 is 1.94 bits per heavy atom. The first-order valence-electron chi connectivity index (χ1n) is 5.50. The smallest absolute Gasteiger partial charge is 0.138 e. The van der Waals surface area contributed by atoms with E-state index in [4.69, 9.17) is 9.26 Å². The molecule has 0 atom stereocenters. The predicted octanol–water partition coefficient (Wildman–Crippen LogP) is 2.91. The normalized spacial score (nSPS) is 10.3. The average molecular weight is 232 g/mol. The van der Waals surface area contributed by atoms with Gasteiger partial charge in [0.2, 0.25) is 0 Å². The minimum absolute atomic E-state index is 0.716. The van der Waals surface area contributed by atoms with Crippen LogP contribution in [0, 0.1) is 13.8 Å². The van der Waals surface area contributed by atoms with Crippen molar-refractivity contribution in [2.24, 2.45) is 0 Å². The molecule has 0 saturated carbocycles. The van der Waals surface area contributed by atoms with Crippen LogP contribution in [0.1, 0.15) is 17.0 Å². The van der Waals surface area contributed by atoms with Gasteiger partial charge in [-0.25, -0.2) is 0 Å². The monoisotopic (exact) mass is 232 g/mol. The van der Waals surface area contributed by atoms with Gasteiger partial charge in [-0.05, 0) is 38.1 Å². The van der Waals surface area contributed by atoms with Gasteiger partial charge in [0, 0.05) is 17.8 Å². The summed E-state index contributed by atoms with van der Waals surface area (Å²) in [6.07, 6.45) is 0. The molecule has 1 N–H and O–H groups in total. The maximum absolute atomic E-state index is 5.11. The number of nitrogens with one attached hydrogen (secondary N) is 1. The van der Waals surface area contributed by atoms with E-state index in [1.807, 2.05) is 38.1 Å². The molecule has 0 fully saturated rings. The summed E-state index contributed by atoms with van der Waals surface area (Å²) < 4.78 is 10.2. The maximum Gasteiger partial charge on any atom is 0.138 e. The van der Waals surface area contributed by atoms with Crippen molar-refractivity contribution in [2.45, 2.75) is 20.4 Å². The van der Waals surface area contributed by atoms with Crippen LogP contribution in [0.25, 0.3) is 0 Å². The molecule has 1 aromatic carbocycles. The zero-order valence-corrected chi connectivity index (χ0v) is 10.3. The minimum atomic E-state index is 0.716. The van der Waals surface area contributed by atoms with E-state index in [9.17, 15) is 0 Å². The molecule has 0 radical (unpaired) electrons. The van der Waals surface area contributed by atoms with Crippen molar-refractivity contribution in [2.75, 3.05) is 12.4 Å². The fraction of sp³-hybridized carbons (Fsp3) is 0.308. The number of hydrogen-bond acceptors (Lipinski definition) is 4. The lowest BCUT2D eigenvalue weighted by atomic mass is 10.2. The molecular formula is C13H16N2O2. The molecule has 0 saturated heterocycles. The maximum atomic E-state index is 5.11. The lowest BCUT2D eigenvalue weighted by molar-refractivity contribution is 0.392. The third-order valence-corrected chi connectivity index (χ3v) is 2.74. The van der Waals surface area contributed by atoms with Crippen molar-refractivity contribution in [3.05, 3.63) is 41.3 Å². The summed E-state index contributed by atoms with van der Waals surface area (Å²) in [6, 6.07) is 7.82. The van der Waals surface area contributed by atoms with Crippen molar-refractivity contribution < 1.29 is 9.26 Å². The van der Waals surface area contributed by atoms with Crippen LogP contribution in [0.2, 0.25) is 0 Å². The van der Waals surface area contributed by atoms with Gasteiger partial charge in [-0.3, -0.25) is 0 Å². The highest BCUT2D eigenvalue weighted by Gasteiger charge is 2.07. The van der Waals surface area contributed by atoms with Gasteiger partial charge in [0.05, 0.1) is 12.8 Å². The average Bonchev–Trinajstić information content (AvgIpc) is 2.67. The quantitative estimate of drug-likeness (QED) is 0.880. The Hall–Kier alpha value is -1.97. The van der Waals surface area contributed by atoms with E-state index < -0.39 is 0 Å². The van der Waals surface area contributed by atoms with Crippen LogP contribution >= 0.6 is 0 Å². The number of nitrogens with zero attached hydrogens (tertiary/aromatic N) is 1. The Morgan fingerprint density at radius 3 is 2.47 bits per heavy atom. The molecule has 4 heteroatoms. The summed E-state index contributed by atoms with van der Waals surface area (Å²) in [5.41, 5.74) is 3.09. The van der Waals surface area contributed by atoms with Gasteiger partial charge in [-0.2, -0.15) is 0 Å². The number of rotatable bonds is 4. The first-order valence-corrected chi connectivity index (χ1v) is 5.50. The molecule has 2 rings (SSSR count). The van der Waals surface area contributed by atoms with Crippen molar-refractivity contribution in [3.63, 3.8) is 0 Å². The van der Waals surface area contributed by atoms with E-state index in [0.29, 0.717) is 6.54 Å². The topological polar surface area (TPSA) is 47.3 Å². The van der Waals surface area contributed by atoms with Gasteiger partial charge < -0.3 is 14.6 Å². The molecule has 90 valence electrons. The van der Waals surface area contributed by atoms with Crippen molar-refractivity contribution in [3.8, 4) is 5.75 Å². The SMILES string of the molecule is COc1ccc(NCc2c(C)noc2C)cc1. The van der Waals surface area contributed by atoms with E-state index in [1.165, 1.54) is 0 Å². The fourth-order valence-electron chi connectivity index (χ4n) is 1.65. The highest BCUT2D eigenvalue weighted by Crippen LogP contribution is 2.18. The third-order valence-electron chi connectivity index (χ3n) is 2.74. The number of methoxy groups -OCH3 is 1. The summed E-state index contributed by atoms with van der Waals surface area (Å²) in [7, 11) is 1.66. The highest BCUT2D eigenvalue weighted by atomic mass is 16.5. The first-order chi connectivity index (χ1) is 8.20. The van der Waals surface area contributed by atoms with E-state index >= 15 is 0 Å². The third kappa shape index (κ3) is 2.58. The van der Waals surface area contributed by atoms with Crippen LogP contribution in [0.15, 0.2) is 28.8 Å². The van der Waals surface area contributed by atoms with Gasteiger partial charge in [0.25, 0.3) is 0 Å². The van der Waals surface area contributed by atoms with Gasteiger partial charge in [0.15, 0.2) is 0 Å². The zero-order valence-electron chi connectivity index (χ0n) is 10.3. The molecular weight excluding hydrogens is 216 g/mol. The molecule has 4 nitrogen and oxygen atoms in total. The molecule has 0 bridgehead atoms. The second kappa shape index (κ2) is 4.91. The minimum Gasteiger partial charge on any atom is -0.497 e. The number of aryl methyl sites for hydroxylation is 2. The Kier molecular flexibility index (Phi) is 3.32. The number of hydrogen-bond donors (Lipinski definition) is 1. The fourth-order valence-corrected chi connectivity index (χ4v) is 1.65. The van der Waals surface area contributed by atoms with Crippen LogP contribution in [0.3, 0.4) is 0 Å². The zero-order chi connectivity index (χ0) is 12.3. The lowest BCUT2D eigenvalue weighted by Crippen LogP contribution is -2.01. The van der Waals surface area contributed by atoms with E-state index in [2.05, 4.69) is 10.5 Å². The van der Waals surface area contributed by atoms with E-state index in [-0.39, 0.29) is 0 Å². The molecule has 0 amide bonds. The summed E-state index contributed by atoms with van der Waals surface area (Å²) in [6.45, 7) is 4.58. The highest BCUT2D eigenvalue weighted by molar-refractivity contribution is 5.47. The Morgan fingerprint density at radius 1 is 1.24 bits per heavy atom. The van der Waals surface area contributed by atoms with Gasteiger partial charge >= 0.3 is 0 Å². The molecule has 0 spiro atoms. The van der Waals surface area contributed by atoms with Crippen molar-refractivity contribution in [1.82, 2.24) is 5.16 Å². The second-order valence-electron chi connectivity index (χ2n) is 3.88. The largest absolute Gasteiger partial charge is 0.497 e. The number of benzene rings is 1. The molecule has 17 heavy (non-hydrogen) atoms. The summed E-state index contributed by atoms with van der Waals surface area (Å²) in [5, 5.41) is 7.25. The van der Waals surface area contributed by atoms with Crippen LogP contribution in [0.5, 0.6) is 5.75 Å². The summed E-state index contributed by atoms with van der Waals surface area (Å²) in [4.78, 5) is 0. The Balaban J connectivity index is 2.02. The van der Waals surface area contributed by atoms with Gasteiger partial charge in [0.1, 0.15) is 11.5 Å². The molecule has 0 aliphatic carbocycles. The van der Waals surface area contributed by atoms with E-state index in [0.717, 1.165) is 28.5 Å². The van der Waals surface area contributed by atoms with Gasteiger partial charge in [-0.1, -0.05) is 5.16 Å². The number of aromatic nitrogens is 1. The van der Waals surface area contributed by atoms with Crippen molar-refractivity contribution >= 4 is 5.69 Å². The summed E-state index contributed by atoms with van der Waals surface area (Å²) in [5.74, 6) is 1.72.